The average Bonchev–Trinajstić information content (AvgIpc) is 3.03. The van der Waals surface area contributed by atoms with Crippen LogP contribution in [0.25, 0.3) is 6.08 Å². The van der Waals surface area contributed by atoms with Crippen molar-refractivity contribution in [2.75, 3.05) is 0 Å². The maximum absolute atomic E-state index is 12.7. The molecule has 1 heterocycles. The molecule has 7 heteroatoms. The molecule has 1 N–H and O–H groups in total. The number of nitrogens with zero attached hydrogens (tertiary/aromatic N) is 1. The molecule has 0 atom stereocenters. The van der Waals surface area contributed by atoms with Crippen LogP contribution < -0.4 is 10.1 Å². The Morgan fingerprint density at radius 2 is 1.55 bits per heavy atom. The summed E-state index contributed by atoms with van der Waals surface area (Å²) < 4.78 is 7.94. The number of hydrogen-bond acceptors (Lipinski definition) is 3. The number of hydrogen-bond donors (Lipinski definition) is 1. The van der Waals surface area contributed by atoms with Crippen LogP contribution >= 0.6 is 38.5 Å². The van der Waals surface area contributed by atoms with Gasteiger partial charge in [0.25, 0.3) is 5.91 Å². The van der Waals surface area contributed by atoms with E-state index in [4.69, 9.17) is 4.74 Å². The molecular weight excluding hydrogens is 571 g/mol. The van der Waals surface area contributed by atoms with E-state index in [9.17, 15) is 9.59 Å². The summed E-state index contributed by atoms with van der Waals surface area (Å²) in [6.45, 7) is 0.706. The summed E-state index contributed by atoms with van der Waals surface area (Å²) in [5, 5.41) is 2.66. The van der Waals surface area contributed by atoms with Crippen LogP contribution in [-0.2, 0) is 17.9 Å². The van der Waals surface area contributed by atoms with E-state index >= 15 is 0 Å². The summed E-state index contributed by atoms with van der Waals surface area (Å²) in [6, 6.07) is 22.7. The Labute approximate surface area is 202 Å². The first kappa shape index (κ1) is 21.6. The van der Waals surface area contributed by atoms with Gasteiger partial charge in [-0.05, 0) is 81.8 Å². The Hall–Kier alpha value is -2.65. The van der Waals surface area contributed by atoms with Crippen LogP contribution in [0.15, 0.2) is 83.0 Å². The number of halogens is 2. The molecular formula is C24H18BrIN2O3. The van der Waals surface area contributed by atoms with Gasteiger partial charge < -0.3 is 10.1 Å². The van der Waals surface area contributed by atoms with Crippen molar-refractivity contribution >= 4 is 56.5 Å². The lowest BCUT2D eigenvalue weighted by molar-refractivity contribution is -0.123. The third kappa shape index (κ3) is 5.54. The molecule has 0 radical (unpaired) electrons. The van der Waals surface area contributed by atoms with Gasteiger partial charge in [-0.3, -0.25) is 9.69 Å². The molecule has 0 spiro atoms. The van der Waals surface area contributed by atoms with Crippen molar-refractivity contribution in [3.8, 4) is 5.75 Å². The van der Waals surface area contributed by atoms with E-state index in [1.54, 1.807) is 6.08 Å². The van der Waals surface area contributed by atoms with E-state index in [1.807, 2.05) is 72.8 Å². The van der Waals surface area contributed by atoms with Crippen LogP contribution in [0.2, 0.25) is 0 Å². The Morgan fingerprint density at radius 1 is 0.903 bits per heavy atom. The summed E-state index contributed by atoms with van der Waals surface area (Å²) >= 11 is 5.65. The van der Waals surface area contributed by atoms with Crippen LogP contribution in [-0.4, -0.2) is 16.8 Å². The van der Waals surface area contributed by atoms with Gasteiger partial charge in [-0.25, -0.2) is 4.79 Å². The van der Waals surface area contributed by atoms with Gasteiger partial charge >= 0.3 is 6.03 Å². The minimum absolute atomic E-state index is 0.223. The number of urea groups is 1. The molecule has 0 aliphatic carbocycles. The minimum Gasteiger partial charge on any atom is -0.489 e. The van der Waals surface area contributed by atoms with E-state index < -0.39 is 6.03 Å². The first-order valence-electron chi connectivity index (χ1n) is 9.54. The first-order chi connectivity index (χ1) is 15.0. The number of ether oxygens (including phenoxy) is 1. The summed E-state index contributed by atoms with van der Waals surface area (Å²) in [5.74, 6) is 0.395. The van der Waals surface area contributed by atoms with Crippen molar-refractivity contribution in [1.29, 1.82) is 0 Å². The molecule has 1 aliphatic rings. The van der Waals surface area contributed by atoms with Gasteiger partial charge in [-0.2, -0.15) is 0 Å². The molecule has 3 aromatic rings. The van der Waals surface area contributed by atoms with Gasteiger partial charge in [0.05, 0.1) is 6.54 Å². The molecule has 31 heavy (non-hydrogen) atoms. The van der Waals surface area contributed by atoms with E-state index in [0.29, 0.717) is 6.61 Å². The van der Waals surface area contributed by atoms with E-state index in [1.165, 1.54) is 8.47 Å². The third-order valence-electron chi connectivity index (χ3n) is 4.73. The van der Waals surface area contributed by atoms with Gasteiger partial charge in [0.1, 0.15) is 18.1 Å². The largest absolute Gasteiger partial charge is 0.489 e. The molecule has 1 aliphatic heterocycles. The first-order valence-corrected chi connectivity index (χ1v) is 11.4. The number of imide groups is 1. The zero-order valence-electron chi connectivity index (χ0n) is 16.3. The highest BCUT2D eigenvalue weighted by Crippen LogP contribution is 2.20. The maximum atomic E-state index is 12.7. The van der Waals surface area contributed by atoms with Crippen LogP contribution in [0.3, 0.4) is 0 Å². The normalized spacial score (nSPS) is 14.8. The number of carbonyl (C=O) groups is 2. The Bertz CT molecular complexity index is 1130. The lowest BCUT2D eigenvalue weighted by Crippen LogP contribution is -2.30. The molecule has 156 valence electrons. The van der Waals surface area contributed by atoms with Gasteiger partial charge in [0.2, 0.25) is 0 Å². The van der Waals surface area contributed by atoms with Gasteiger partial charge in [0.15, 0.2) is 0 Å². The predicted octanol–water partition coefficient (Wildman–Crippen LogP) is 5.73. The smallest absolute Gasteiger partial charge is 0.329 e. The summed E-state index contributed by atoms with van der Waals surface area (Å²) in [5.41, 5.74) is 3.03. The molecule has 1 saturated heterocycles. The van der Waals surface area contributed by atoms with E-state index in [2.05, 4.69) is 43.8 Å². The van der Waals surface area contributed by atoms with Crippen molar-refractivity contribution in [2.24, 2.45) is 0 Å². The molecule has 0 bridgehead atoms. The molecule has 5 nitrogen and oxygen atoms in total. The maximum Gasteiger partial charge on any atom is 0.329 e. The molecule has 3 amide bonds. The van der Waals surface area contributed by atoms with Crippen LogP contribution in [0, 0.1) is 3.57 Å². The monoisotopic (exact) mass is 588 g/mol. The van der Waals surface area contributed by atoms with Crippen molar-refractivity contribution < 1.29 is 14.3 Å². The second kappa shape index (κ2) is 9.65. The molecule has 0 saturated carbocycles. The predicted molar refractivity (Wildman–Crippen MR) is 131 cm³/mol. The minimum atomic E-state index is -0.420. The SMILES string of the molecule is O=C1N/C(=C/c2ccc(OCc3ccc(I)cc3)cc2)C(=O)N1Cc1ccc(Br)cc1. The Morgan fingerprint density at radius 3 is 2.23 bits per heavy atom. The average molecular weight is 589 g/mol. The quantitative estimate of drug-likeness (QED) is 0.227. The fourth-order valence-electron chi connectivity index (χ4n) is 3.06. The third-order valence-corrected chi connectivity index (χ3v) is 5.97. The van der Waals surface area contributed by atoms with Crippen LogP contribution in [0.4, 0.5) is 4.79 Å². The molecule has 4 rings (SSSR count). The highest BCUT2D eigenvalue weighted by molar-refractivity contribution is 14.1. The molecule has 0 unspecified atom stereocenters. The number of rotatable bonds is 6. The molecule has 3 aromatic carbocycles. The van der Waals surface area contributed by atoms with Gasteiger partial charge in [0, 0.05) is 8.04 Å². The van der Waals surface area contributed by atoms with Gasteiger partial charge in [-0.15, -0.1) is 0 Å². The van der Waals surface area contributed by atoms with Crippen molar-refractivity contribution in [3.05, 3.63) is 103 Å². The summed E-state index contributed by atoms with van der Waals surface area (Å²) in [4.78, 5) is 26.2. The van der Waals surface area contributed by atoms with E-state index in [-0.39, 0.29) is 18.1 Å². The zero-order valence-corrected chi connectivity index (χ0v) is 20.1. The Balaban J connectivity index is 1.39. The van der Waals surface area contributed by atoms with Crippen molar-refractivity contribution in [2.45, 2.75) is 13.2 Å². The Kier molecular flexibility index (Phi) is 6.72. The number of nitrogens with one attached hydrogen (secondary N) is 1. The van der Waals surface area contributed by atoms with Crippen molar-refractivity contribution in [3.63, 3.8) is 0 Å². The summed E-state index contributed by atoms with van der Waals surface area (Å²) in [6.07, 6.45) is 1.67. The second-order valence-electron chi connectivity index (χ2n) is 6.99. The molecule has 0 aromatic heterocycles. The van der Waals surface area contributed by atoms with Crippen LogP contribution in [0.5, 0.6) is 5.75 Å². The number of amides is 3. The van der Waals surface area contributed by atoms with Crippen LogP contribution in [0.1, 0.15) is 16.7 Å². The topological polar surface area (TPSA) is 58.6 Å². The number of carbonyl (C=O) groups excluding carboxylic acids is 2. The van der Waals surface area contributed by atoms with E-state index in [0.717, 1.165) is 26.9 Å². The number of benzene rings is 3. The highest BCUT2D eigenvalue weighted by Gasteiger charge is 2.33. The fraction of sp³-hybridized carbons (Fsp3) is 0.0833. The van der Waals surface area contributed by atoms with Gasteiger partial charge in [-0.1, -0.05) is 52.3 Å². The highest BCUT2D eigenvalue weighted by atomic mass is 127. The lowest BCUT2D eigenvalue weighted by Gasteiger charge is -2.11. The summed E-state index contributed by atoms with van der Waals surface area (Å²) in [7, 11) is 0. The molecule has 1 fully saturated rings. The zero-order chi connectivity index (χ0) is 21.8. The lowest BCUT2D eigenvalue weighted by atomic mass is 10.1. The second-order valence-corrected chi connectivity index (χ2v) is 9.15. The fourth-order valence-corrected chi connectivity index (χ4v) is 3.69. The standard InChI is InChI=1S/C24H18BrIN2O3/c25-19-7-1-17(2-8-19)14-28-23(29)22(27-24(28)30)13-16-5-11-21(12-6-16)31-15-18-3-9-20(26)10-4-18/h1-13H,14-15H2,(H,27,30)/b22-13+. The van der Waals surface area contributed by atoms with Crippen molar-refractivity contribution in [1.82, 2.24) is 10.2 Å².